The van der Waals surface area contributed by atoms with E-state index in [0.717, 1.165) is 6.08 Å². The molecule has 1 aromatic rings. The van der Waals surface area contributed by atoms with Crippen molar-refractivity contribution in [2.75, 3.05) is 0 Å². The molecule has 1 unspecified atom stereocenters. The van der Waals surface area contributed by atoms with E-state index in [0.29, 0.717) is 0 Å². The number of hydrogen-bond donors (Lipinski definition) is 1. The number of rotatable bonds is 3. The Morgan fingerprint density at radius 2 is 1.94 bits per heavy atom. The lowest BCUT2D eigenvalue weighted by Gasteiger charge is -2.02. The summed E-state index contributed by atoms with van der Waals surface area (Å²) >= 11 is 0. The molecule has 0 fully saturated rings. The smallest absolute Gasteiger partial charge is 0.331 e. The van der Waals surface area contributed by atoms with Gasteiger partial charge in [0.05, 0.1) is 0 Å². The van der Waals surface area contributed by atoms with E-state index in [9.17, 15) is 4.79 Å². The molecule has 3 heteroatoms. The summed E-state index contributed by atoms with van der Waals surface area (Å²) in [6.07, 6.45) is 2.36. The summed E-state index contributed by atoms with van der Waals surface area (Å²) < 4.78 is 4.42. The Balaban J connectivity index is 0.000000281. The van der Waals surface area contributed by atoms with Gasteiger partial charge in [0.15, 0.2) is 0 Å². The van der Waals surface area contributed by atoms with E-state index in [1.807, 2.05) is 36.4 Å². The van der Waals surface area contributed by atoms with Crippen molar-refractivity contribution in [1.29, 1.82) is 0 Å². The zero-order valence-corrected chi connectivity index (χ0v) is 9.43. The fourth-order valence-corrected chi connectivity index (χ4v) is 0.820. The number of esters is 1. The van der Waals surface area contributed by atoms with Crippen molar-refractivity contribution < 1.29 is 9.53 Å². The molecule has 86 valence electrons. The second kappa shape index (κ2) is 8.44. The molecule has 1 aromatic carbocycles. The molecule has 1 rings (SSSR count). The van der Waals surface area contributed by atoms with Crippen LogP contribution < -0.4 is 5.73 Å². The summed E-state index contributed by atoms with van der Waals surface area (Å²) in [5.41, 5.74) is 6.25. The summed E-state index contributed by atoms with van der Waals surface area (Å²) in [4.78, 5) is 10.2. The molecular formula is C13H17NO2. The van der Waals surface area contributed by atoms with Crippen LogP contribution in [0.1, 0.15) is 12.5 Å². The Hall–Kier alpha value is -1.87. The van der Waals surface area contributed by atoms with Crippen LogP contribution in [0.4, 0.5) is 0 Å². The highest BCUT2D eigenvalue weighted by molar-refractivity contribution is 5.81. The van der Waals surface area contributed by atoms with Crippen LogP contribution in [0.5, 0.6) is 0 Å². The van der Waals surface area contributed by atoms with Gasteiger partial charge in [-0.2, -0.15) is 0 Å². The number of nitrogens with two attached hydrogens (primary N) is 1. The van der Waals surface area contributed by atoms with Gasteiger partial charge in [-0.3, -0.25) is 5.73 Å². The zero-order chi connectivity index (χ0) is 12.4. The summed E-state index contributed by atoms with van der Waals surface area (Å²) in [7, 11) is 0. The van der Waals surface area contributed by atoms with Crippen LogP contribution in [0, 0.1) is 0 Å². The highest BCUT2D eigenvalue weighted by atomic mass is 16.5. The van der Waals surface area contributed by atoms with Crippen molar-refractivity contribution in [2.24, 2.45) is 5.73 Å². The van der Waals surface area contributed by atoms with E-state index in [4.69, 9.17) is 5.73 Å². The quantitative estimate of drug-likeness (QED) is 0.482. The first-order valence-electron chi connectivity index (χ1n) is 4.86. The fraction of sp³-hybridized carbons (Fsp3) is 0.154. The Kier molecular flexibility index (Phi) is 7.45. The van der Waals surface area contributed by atoms with Crippen molar-refractivity contribution >= 4 is 12.0 Å². The molecule has 0 saturated heterocycles. The van der Waals surface area contributed by atoms with E-state index < -0.39 is 12.2 Å². The second-order valence-corrected chi connectivity index (χ2v) is 2.96. The summed E-state index contributed by atoms with van der Waals surface area (Å²) in [5.74, 6) is -0.486. The Morgan fingerprint density at radius 3 is 2.19 bits per heavy atom. The molecule has 3 nitrogen and oxygen atoms in total. The minimum absolute atomic E-state index is 0.486. The molecule has 0 bridgehead atoms. The number of carbonyl (C=O) groups is 1. The predicted molar refractivity (Wildman–Crippen MR) is 66.5 cm³/mol. The first-order chi connectivity index (χ1) is 7.60. The monoisotopic (exact) mass is 219 g/mol. The summed E-state index contributed by atoms with van der Waals surface area (Å²) in [6, 6.07) is 10.0. The standard InChI is InChI=1S/C8H8.C5H9NO2/c1-2-8-6-4-3-5-7-8;1-3-5(7)8-4(2)6/h2-7H,1H2;3-4H,1,6H2,2H3. The molecule has 0 aromatic heterocycles. The molecular weight excluding hydrogens is 202 g/mol. The summed E-state index contributed by atoms with van der Waals surface area (Å²) in [6.45, 7) is 8.39. The van der Waals surface area contributed by atoms with E-state index in [1.54, 1.807) is 6.92 Å². The van der Waals surface area contributed by atoms with Crippen molar-refractivity contribution in [2.45, 2.75) is 13.2 Å². The van der Waals surface area contributed by atoms with Crippen molar-refractivity contribution in [3.05, 3.63) is 55.1 Å². The van der Waals surface area contributed by atoms with Crippen LogP contribution in [0.3, 0.4) is 0 Å². The third kappa shape index (κ3) is 7.53. The van der Waals surface area contributed by atoms with Crippen LogP contribution in [-0.4, -0.2) is 12.2 Å². The maximum absolute atomic E-state index is 10.2. The largest absolute Gasteiger partial charge is 0.444 e. The zero-order valence-electron chi connectivity index (χ0n) is 9.43. The van der Waals surface area contributed by atoms with Gasteiger partial charge in [-0.1, -0.05) is 49.6 Å². The Morgan fingerprint density at radius 1 is 1.38 bits per heavy atom. The molecule has 0 saturated carbocycles. The molecule has 0 heterocycles. The molecule has 0 amide bonds. The Labute approximate surface area is 96.2 Å². The average molecular weight is 219 g/mol. The van der Waals surface area contributed by atoms with Gasteiger partial charge in [0.1, 0.15) is 6.23 Å². The molecule has 0 aliphatic heterocycles. The van der Waals surface area contributed by atoms with Crippen LogP contribution in [-0.2, 0) is 9.53 Å². The fourth-order valence-electron chi connectivity index (χ4n) is 0.820. The lowest BCUT2D eigenvalue weighted by atomic mass is 10.2. The first-order valence-corrected chi connectivity index (χ1v) is 4.86. The number of hydrogen-bond acceptors (Lipinski definition) is 3. The van der Waals surface area contributed by atoms with Crippen molar-refractivity contribution in [1.82, 2.24) is 0 Å². The number of carbonyl (C=O) groups excluding carboxylic acids is 1. The van der Waals surface area contributed by atoms with E-state index in [-0.39, 0.29) is 0 Å². The van der Waals surface area contributed by atoms with Gasteiger partial charge in [-0.05, 0) is 12.5 Å². The van der Waals surface area contributed by atoms with Gasteiger partial charge in [-0.25, -0.2) is 4.79 Å². The molecule has 1 atom stereocenters. The molecule has 16 heavy (non-hydrogen) atoms. The van der Waals surface area contributed by atoms with E-state index in [2.05, 4.69) is 17.9 Å². The number of ether oxygens (including phenoxy) is 1. The van der Waals surface area contributed by atoms with E-state index >= 15 is 0 Å². The normalized spacial score (nSPS) is 10.4. The minimum Gasteiger partial charge on any atom is -0.444 e. The molecule has 0 aliphatic carbocycles. The highest BCUT2D eigenvalue weighted by Crippen LogP contribution is 1.97. The van der Waals surface area contributed by atoms with Gasteiger partial charge in [-0.15, -0.1) is 0 Å². The predicted octanol–water partition coefficient (Wildman–Crippen LogP) is 2.35. The lowest BCUT2D eigenvalue weighted by molar-refractivity contribution is -0.141. The third-order valence-corrected chi connectivity index (χ3v) is 1.50. The molecule has 2 N–H and O–H groups in total. The van der Waals surface area contributed by atoms with Crippen molar-refractivity contribution in [3.63, 3.8) is 0 Å². The topological polar surface area (TPSA) is 52.3 Å². The van der Waals surface area contributed by atoms with Crippen LogP contribution >= 0.6 is 0 Å². The maximum Gasteiger partial charge on any atom is 0.331 e. The van der Waals surface area contributed by atoms with Crippen molar-refractivity contribution in [3.8, 4) is 0 Å². The minimum atomic E-state index is -0.541. The van der Waals surface area contributed by atoms with Gasteiger partial charge in [0, 0.05) is 6.08 Å². The van der Waals surface area contributed by atoms with Gasteiger partial charge >= 0.3 is 5.97 Å². The lowest BCUT2D eigenvalue weighted by Crippen LogP contribution is -2.21. The first kappa shape index (κ1) is 14.1. The maximum atomic E-state index is 10.2. The van der Waals surface area contributed by atoms with Crippen LogP contribution in [0.2, 0.25) is 0 Å². The van der Waals surface area contributed by atoms with E-state index in [1.165, 1.54) is 5.56 Å². The molecule has 0 radical (unpaired) electrons. The third-order valence-electron chi connectivity index (χ3n) is 1.50. The van der Waals surface area contributed by atoms with Crippen LogP contribution in [0.25, 0.3) is 6.08 Å². The second-order valence-electron chi connectivity index (χ2n) is 2.96. The summed E-state index contributed by atoms with van der Waals surface area (Å²) in [5, 5.41) is 0. The van der Waals surface area contributed by atoms with Gasteiger partial charge in [0.25, 0.3) is 0 Å². The van der Waals surface area contributed by atoms with Gasteiger partial charge < -0.3 is 4.74 Å². The molecule has 0 spiro atoms. The molecule has 0 aliphatic rings. The number of benzene rings is 1. The Bertz CT molecular complexity index is 331. The SMILES string of the molecule is C=CC(=O)OC(C)N.C=Cc1ccccc1. The van der Waals surface area contributed by atoms with Gasteiger partial charge in [0.2, 0.25) is 0 Å². The van der Waals surface area contributed by atoms with Crippen LogP contribution in [0.15, 0.2) is 49.6 Å². The highest BCUT2D eigenvalue weighted by Gasteiger charge is 1.96. The average Bonchev–Trinajstić information content (AvgIpc) is 2.30.